The number of hydrogen-bond donors (Lipinski definition) is 1. The maximum atomic E-state index is 13.4. The number of ether oxygens (including phenoxy) is 3. The van der Waals surface area contributed by atoms with Crippen LogP contribution in [0.15, 0.2) is 66.1 Å². The quantitative estimate of drug-likeness (QED) is 0.305. The van der Waals surface area contributed by atoms with Crippen LogP contribution < -0.4 is 19.9 Å². The summed E-state index contributed by atoms with van der Waals surface area (Å²) in [6.07, 6.45) is 0.772. The van der Waals surface area contributed by atoms with Crippen molar-refractivity contribution in [1.82, 2.24) is 0 Å². The standard InChI is InChI=1S/C26H19Cl2FN2O4/c1-2-9-33-24-20(27)10-15(11-21(24)28)26(32)34-17-7-8-18-22(12-17)35-25(31)19(13-30)23(18)14-3-5-16(29)6-4-14/h3-8,10-12,23H,2,9,31H2,1H3. The Morgan fingerprint density at radius 1 is 1.14 bits per heavy atom. The fraction of sp³-hybridized carbons (Fsp3) is 0.154. The molecule has 1 atom stereocenters. The van der Waals surface area contributed by atoms with Gasteiger partial charge < -0.3 is 19.9 Å². The van der Waals surface area contributed by atoms with Gasteiger partial charge in [0, 0.05) is 11.6 Å². The molecule has 3 aromatic carbocycles. The highest BCUT2D eigenvalue weighted by Gasteiger charge is 2.31. The van der Waals surface area contributed by atoms with E-state index >= 15 is 0 Å². The van der Waals surface area contributed by atoms with Crippen molar-refractivity contribution in [3.8, 4) is 23.3 Å². The number of nitriles is 1. The predicted octanol–water partition coefficient (Wildman–Crippen LogP) is 6.36. The van der Waals surface area contributed by atoms with Crippen molar-refractivity contribution in [2.45, 2.75) is 19.3 Å². The Bertz CT molecular complexity index is 1340. The number of hydrogen-bond acceptors (Lipinski definition) is 6. The molecule has 0 saturated carbocycles. The number of fused-ring (bicyclic) bond motifs is 1. The number of allylic oxidation sites excluding steroid dienone is 1. The SMILES string of the molecule is CCCOc1c(Cl)cc(C(=O)Oc2ccc3c(c2)OC(N)=C(C#N)C3c2ccc(F)cc2)cc1Cl. The third-order valence-corrected chi connectivity index (χ3v) is 5.85. The van der Waals surface area contributed by atoms with Crippen molar-refractivity contribution in [3.05, 3.63) is 98.6 Å². The molecule has 1 unspecified atom stereocenters. The van der Waals surface area contributed by atoms with Crippen LogP contribution in [0.1, 0.15) is 40.7 Å². The number of carbonyl (C=O) groups excluding carboxylic acids is 1. The van der Waals surface area contributed by atoms with Crippen LogP contribution in [0.4, 0.5) is 4.39 Å². The zero-order chi connectivity index (χ0) is 25.1. The number of benzene rings is 3. The Labute approximate surface area is 211 Å². The fourth-order valence-corrected chi connectivity index (χ4v) is 4.28. The lowest BCUT2D eigenvalue weighted by molar-refractivity contribution is 0.0734. The molecule has 0 aromatic heterocycles. The van der Waals surface area contributed by atoms with Crippen molar-refractivity contribution in [2.75, 3.05) is 6.61 Å². The van der Waals surface area contributed by atoms with Gasteiger partial charge in [-0.25, -0.2) is 9.18 Å². The van der Waals surface area contributed by atoms with Crippen LogP contribution in [0.25, 0.3) is 0 Å². The molecule has 3 aromatic rings. The first-order valence-electron chi connectivity index (χ1n) is 10.6. The smallest absolute Gasteiger partial charge is 0.343 e. The summed E-state index contributed by atoms with van der Waals surface area (Å²) in [4.78, 5) is 12.8. The third-order valence-electron chi connectivity index (χ3n) is 5.29. The van der Waals surface area contributed by atoms with Gasteiger partial charge in [-0.3, -0.25) is 0 Å². The van der Waals surface area contributed by atoms with Gasteiger partial charge in [-0.05, 0) is 42.3 Å². The normalized spacial score (nSPS) is 14.5. The summed E-state index contributed by atoms with van der Waals surface area (Å²) in [5, 5.41) is 10.0. The van der Waals surface area contributed by atoms with Gasteiger partial charge in [-0.15, -0.1) is 0 Å². The summed E-state index contributed by atoms with van der Waals surface area (Å²) in [6, 6.07) is 15.4. The molecule has 6 nitrogen and oxygen atoms in total. The maximum Gasteiger partial charge on any atom is 0.343 e. The van der Waals surface area contributed by atoms with E-state index in [-0.39, 0.29) is 32.8 Å². The van der Waals surface area contributed by atoms with Gasteiger partial charge in [0.15, 0.2) is 5.75 Å². The zero-order valence-electron chi connectivity index (χ0n) is 18.5. The maximum absolute atomic E-state index is 13.4. The van der Waals surface area contributed by atoms with E-state index in [4.69, 9.17) is 43.1 Å². The second-order valence-electron chi connectivity index (χ2n) is 7.68. The Hall–Kier alpha value is -3.73. The average molecular weight is 513 g/mol. The van der Waals surface area contributed by atoms with E-state index < -0.39 is 17.7 Å². The molecule has 0 fully saturated rings. The number of carbonyl (C=O) groups is 1. The minimum absolute atomic E-state index is 0.0842. The first-order chi connectivity index (χ1) is 16.8. The molecule has 35 heavy (non-hydrogen) atoms. The minimum atomic E-state index is -0.692. The van der Waals surface area contributed by atoms with E-state index in [1.165, 1.54) is 30.3 Å². The monoisotopic (exact) mass is 512 g/mol. The van der Waals surface area contributed by atoms with E-state index in [0.717, 1.165) is 6.42 Å². The molecule has 0 saturated heterocycles. The summed E-state index contributed by atoms with van der Waals surface area (Å²) in [5.41, 5.74) is 7.61. The molecule has 0 radical (unpaired) electrons. The second-order valence-corrected chi connectivity index (χ2v) is 8.50. The van der Waals surface area contributed by atoms with Gasteiger partial charge in [0.1, 0.15) is 29.0 Å². The predicted molar refractivity (Wildman–Crippen MR) is 129 cm³/mol. The summed E-state index contributed by atoms with van der Waals surface area (Å²) in [6.45, 7) is 2.38. The lowest BCUT2D eigenvalue weighted by Crippen LogP contribution is -2.21. The number of nitrogens with two attached hydrogens (primary N) is 1. The largest absolute Gasteiger partial charge is 0.490 e. The molecule has 0 aliphatic carbocycles. The van der Waals surface area contributed by atoms with Crippen LogP contribution in [0.3, 0.4) is 0 Å². The van der Waals surface area contributed by atoms with Crippen molar-refractivity contribution in [2.24, 2.45) is 5.73 Å². The lowest BCUT2D eigenvalue weighted by atomic mass is 9.83. The lowest BCUT2D eigenvalue weighted by Gasteiger charge is -2.26. The number of rotatable bonds is 6. The average Bonchev–Trinajstić information content (AvgIpc) is 2.83. The zero-order valence-corrected chi connectivity index (χ0v) is 20.0. The van der Waals surface area contributed by atoms with Gasteiger partial charge in [-0.1, -0.05) is 48.3 Å². The summed E-state index contributed by atoms with van der Waals surface area (Å²) >= 11 is 12.5. The first kappa shape index (κ1) is 24.4. The summed E-state index contributed by atoms with van der Waals surface area (Å²) in [5.74, 6) is -0.955. The first-order valence-corrected chi connectivity index (χ1v) is 11.4. The molecular weight excluding hydrogens is 494 g/mol. The molecule has 0 amide bonds. The van der Waals surface area contributed by atoms with Gasteiger partial charge in [0.25, 0.3) is 0 Å². The van der Waals surface area contributed by atoms with Crippen molar-refractivity contribution in [1.29, 1.82) is 5.26 Å². The Kier molecular flexibility index (Phi) is 7.15. The molecule has 2 N–H and O–H groups in total. The molecular formula is C26H19Cl2FN2O4. The van der Waals surface area contributed by atoms with E-state index in [2.05, 4.69) is 6.07 Å². The van der Waals surface area contributed by atoms with Crippen molar-refractivity contribution in [3.63, 3.8) is 0 Å². The van der Waals surface area contributed by atoms with Gasteiger partial charge in [-0.2, -0.15) is 5.26 Å². The molecule has 0 bridgehead atoms. The highest BCUT2D eigenvalue weighted by molar-refractivity contribution is 6.37. The minimum Gasteiger partial charge on any atom is -0.490 e. The summed E-state index contributed by atoms with van der Waals surface area (Å²) in [7, 11) is 0. The second kappa shape index (κ2) is 10.3. The summed E-state index contributed by atoms with van der Waals surface area (Å²) < 4.78 is 30.1. The van der Waals surface area contributed by atoms with E-state index in [1.807, 2.05) is 6.92 Å². The molecule has 1 aliphatic heterocycles. The Morgan fingerprint density at radius 3 is 2.46 bits per heavy atom. The van der Waals surface area contributed by atoms with Crippen molar-refractivity contribution >= 4 is 29.2 Å². The Balaban J connectivity index is 1.62. The van der Waals surface area contributed by atoms with Crippen LogP contribution in [0, 0.1) is 17.1 Å². The van der Waals surface area contributed by atoms with E-state index in [1.54, 1.807) is 24.3 Å². The molecule has 0 spiro atoms. The number of nitrogens with zero attached hydrogens (tertiary/aromatic N) is 1. The van der Waals surface area contributed by atoms with Gasteiger partial charge >= 0.3 is 5.97 Å². The van der Waals surface area contributed by atoms with Crippen LogP contribution >= 0.6 is 23.2 Å². The van der Waals surface area contributed by atoms with Gasteiger partial charge in [0.05, 0.1) is 28.1 Å². The third kappa shape index (κ3) is 5.04. The fourth-order valence-electron chi connectivity index (χ4n) is 3.68. The van der Waals surface area contributed by atoms with Crippen LogP contribution in [-0.4, -0.2) is 12.6 Å². The van der Waals surface area contributed by atoms with E-state index in [0.29, 0.717) is 29.2 Å². The van der Waals surface area contributed by atoms with Crippen LogP contribution in [0.5, 0.6) is 17.2 Å². The Morgan fingerprint density at radius 2 is 1.83 bits per heavy atom. The number of esters is 1. The van der Waals surface area contributed by atoms with E-state index in [9.17, 15) is 14.4 Å². The molecule has 9 heteroatoms. The highest BCUT2D eigenvalue weighted by Crippen LogP contribution is 2.43. The van der Waals surface area contributed by atoms with Crippen LogP contribution in [-0.2, 0) is 0 Å². The highest BCUT2D eigenvalue weighted by atomic mass is 35.5. The molecule has 1 aliphatic rings. The molecule has 178 valence electrons. The topological polar surface area (TPSA) is 94.6 Å². The van der Waals surface area contributed by atoms with Crippen molar-refractivity contribution < 1.29 is 23.4 Å². The van der Waals surface area contributed by atoms with Gasteiger partial charge in [0.2, 0.25) is 5.88 Å². The molecule has 4 rings (SSSR count). The molecule has 1 heterocycles. The van der Waals surface area contributed by atoms with Crippen LogP contribution in [0.2, 0.25) is 10.0 Å². The number of halogens is 3.